The fraction of sp³-hybridized carbons (Fsp3) is 1.00. The van der Waals surface area contributed by atoms with Crippen molar-refractivity contribution in [2.24, 2.45) is 0 Å². The van der Waals surface area contributed by atoms with Crippen molar-refractivity contribution in [2.45, 2.75) is 350 Å². The Hall–Kier alpha value is 1.68. The molecule has 0 aromatic rings. The number of rotatable bonds is 60. The summed E-state index contributed by atoms with van der Waals surface area (Å²) in [6.45, 7) is 14.8. The van der Waals surface area contributed by atoms with Crippen LogP contribution in [-0.4, -0.2) is 39.6 Å². The predicted octanol–water partition coefficient (Wildman–Crippen LogP) is 20.3. The van der Waals surface area contributed by atoms with Crippen LogP contribution in [-0.2, 0) is 40.8 Å². The van der Waals surface area contributed by atoms with Crippen LogP contribution in [0.2, 0.25) is 0 Å². The summed E-state index contributed by atoms with van der Waals surface area (Å²) in [5, 5.41) is 0. The van der Waals surface area contributed by atoms with Gasteiger partial charge in [0.15, 0.2) is 0 Å². The van der Waals surface area contributed by atoms with Gasteiger partial charge >= 0.3 is 40.8 Å². The van der Waals surface area contributed by atoms with E-state index >= 15 is 0 Å². The predicted molar refractivity (Wildman–Crippen MR) is 314 cm³/mol. The first-order valence-corrected chi connectivity index (χ1v) is 36.5. The second kappa shape index (κ2) is 69.2. The second-order valence-electron chi connectivity index (χ2n) is 21.2. The zero-order valence-electron chi connectivity index (χ0n) is 50.9. The largest absolute Gasteiger partial charge is 3.00 e. The summed E-state index contributed by atoms with van der Waals surface area (Å²) < 4.78 is 64.4. The second-order valence-corrected chi connectivity index (χ2v) is 25.4. The molecular weight excluding hydrogens is 1150 g/mol. The third-order valence-corrected chi connectivity index (χ3v) is 16.5. The molecule has 0 amide bonds. The fourth-order valence-corrected chi connectivity index (χ4v) is 10.9. The first-order chi connectivity index (χ1) is 36.4. The summed E-state index contributed by atoms with van der Waals surface area (Å²) in [7, 11) is -12.2. The molecule has 0 aromatic heterocycles. The van der Waals surface area contributed by atoms with E-state index in [0.29, 0.717) is 0 Å². The van der Waals surface area contributed by atoms with E-state index in [1.807, 2.05) is 0 Å². The van der Waals surface area contributed by atoms with E-state index < -0.39 is 23.5 Å². The van der Waals surface area contributed by atoms with Gasteiger partial charge in [-0.15, -0.1) is 0 Å². The molecule has 0 unspecified atom stereocenters. The van der Waals surface area contributed by atoms with Crippen molar-refractivity contribution < 1.29 is 96.4 Å². The Kier molecular flexibility index (Phi) is 76.6. The van der Waals surface area contributed by atoms with E-state index in [1.54, 1.807) is 0 Å². The third kappa shape index (κ3) is 77.7. The Morgan fingerprint density at radius 3 is 0.395 bits per heavy atom. The molecule has 0 aliphatic heterocycles. The average molecular weight is 1280 g/mol. The van der Waals surface area contributed by atoms with E-state index in [2.05, 4.69) is 41.5 Å². The van der Waals surface area contributed by atoms with Gasteiger partial charge in [-0.2, -0.15) is 0 Å². The number of hydrogen-bond acceptors (Lipinski definition) is 12. The summed E-state index contributed by atoms with van der Waals surface area (Å²) in [6, 6.07) is 0. The zero-order chi connectivity index (χ0) is 55.9. The van der Waals surface area contributed by atoms with Gasteiger partial charge in [0.2, 0.25) is 0 Å². The van der Waals surface area contributed by atoms with E-state index in [0.717, 1.165) is 116 Å². The van der Waals surface area contributed by atoms with E-state index in [9.17, 15) is 28.4 Å². The summed E-state index contributed by atoms with van der Waals surface area (Å²) in [5.41, 5.74) is 0. The number of unbranched alkanes of at least 4 members (excludes halogenated alkanes) is 42. The molecule has 0 spiro atoms. The van der Waals surface area contributed by atoms with Crippen LogP contribution in [0.1, 0.15) is 350 Å². The Labute approximate surface area is 505 Å². The molecule has 0 aliphatic carbocycles. The van der Waals surface area contributed by atoms with Crippen LogP contribution in [0.25, 0.3) is 0 Å². The normalized spacial score (nSPS) is 11.8. The topological polar surface area (TPSA) is 176 Å². The molecule has 16 heteroatoms. The van der Waals surface area contributed by atoms with Crippen LogP contribution >= 0.6 is 23.5 Å². The first kappa shape index (κ1) is 84.1. The Morgan fingerprint density at radius 2 is 0.289 bits per heavy atom. The minimum atomic E-state index is -4.08. The molecule has 0 saturated heterocycles. The maximum absolute atomic E-state index is 11.6. The Morgan fingerprint density at radius 1 is 0.197 bits per heavy atom. The van der Waals surface area contributed by atoms with Crippen molar-refractivity contribution in [3.8, 4) is 0 Å². The molecule has 0 atom stereocenters. The molecule has 0 N–H and O–H groups in total. The van der Waals surface area contributed by atoms with Crippen LogP contribution in [0.15, 0.2) is 0 Å². The molecule has 1 radical (unpaired) electrons. The van der Waals surface area contributed by atoms with Crippen molar-refractivity contribution in [1.82, 2.24) is 0 Å². The van der Waals surface area contributed by atoms with E-state index in [4.69, 9.17) is 27.1 Å². The number of hydrogen-bond donors (Lipinski definition) is 0. The van der Waals surface area contributed by atoms with Gasteiger partial charge in [0, 0.05) is 0 Å². The van der Waals surface area contributed by atoms with Gasteiger partial charge in [-0.3, -0.25) is 13.7 Å². The minimum Gasteiger partial charge on any atom is -0.756 e. The monoisotopic (exact) mass is 1270 g/mol. The smallest absolute Gasteiger partial charge is 0.756 e. The van der Waals surface area contributed by atoms with Crippen LogP contribution in [0.5, 0.6) is 0 Å². The molecular formula is C60H126NdO12P3. The maximum atomic E-state index is 11.6. The van der Waals surface area contributed by atoms with E-state index in [-0.39, 0.29) is 80.5 Å². The molecule has 12 nitrogen and oxygen atoms in total. The van der Waals surface area contributed by atoms with Crippen LogP contribution < -0.4 is 14.7 Å². The summed E-state index contributed by atoms with van der Waals surface area (Å²) in [6.07, 6.45) is 56.5. The van der Waals surface area contributed by atoms with Crippen molar-refractivity contribution in [1.29, 1.82) is 0 Å². The minimum absolute atomic E-state index is 0. The summed E-state index contributed by atoms with van der Waals surface area (Å²) >= 11 is 0. The summed E-state index contributed by atoms with van der Waals surface area (Å²) in [5.74, 6) is 0. The molecule has 0 bridgehead atoms. The molecule has 0 rings (SSSR count). The van der Waals surface area contributed by atoms with Gasteiger partial charge in [-0.1, -0.05) is 311 Å². The molecule has 0 saturated carbocycles. The molecule has 0 heterocycles. The van der Waals surface area contributed by atoms with Gasteiger partial charge in [0.05, 0.1) is 39.6 Å². The van der Waals surface area contributed by atoms with Gasteiger partial charge in [0.25, 0.3) is 23.5 Å². The van der Waals surface area contributed by atoms with Crippen molar-refractivity contribution >= 4 is 23.5 Å². The third-order valence-electron chi connectivity index (χ3n) is 13.5. The van der Waals surface area contributed by atoms with Crippen LogP contribution in [0.4, 0.5) is 0 Å². The molecule has 76 heavy (non-hydrogen) atoms. The SMILES string of the molecule is CCCCCCCCCCOP(=O)([O-])OCCCCCCCCCC.CCCCCCCCCCOP(=O)([O-])OCCCCCCCCCC.CCCCCCCCCCOP(=O)([O-])OCCCCCCCCCC.[Nd+3]. The standard InChI is InChI=1S/3C20H43O4P.Nd/c3*1-3-5-7-9-11-13-15-17-19-23-25(21,22)24-20-18-16-14-12-10-8-6-4-2;/h3*3-20H2,1-2H3,(H,21,22);/q;;;+3/p-3. The van der Waals surface area contributed by atoms with Crippen molar-refractivity contribution in [3.05, 3.63) is 0 Å². The van der Waals surface area contributed by atoms with Gasteiger partial charge in [-0.25, -0.2) is 0 Å². The Bertz CT molecular complexity index is 1000. The van der Waals surface area contributed by atoms with Gasteiger partial charge < -0.3 is 41.8 Å². The van der Waals surface area contributed by atoms with E-state index in [1.165, 1.54) is 193 Å². The van der Waals surface area contributed by atoms with Crippen LogP contribution in [0, 0.1) is 40.8 Å². The van der Waals surface area contributed by atoms with Crippen molar-refractivity contribution in [2.75, 3.05) is 39.6 Å². The summed E-state index contributed by atoms with van der Waals surface area (Å²) in [4.78, 5) is 34.9. The Balaban J connectivity index is -0.000000508. The molecule has 0 fully saturated rings. The van der Waals surface area contributed by atoms with Crippen molar-refractivity contribution in [3.63, 3.8) is 0 Å². The zero-order valence-corrected chi connectivity index (χ0v) is 56.8. The molecule has 0 aromatic carbocycles. The quantitative estimate of drug-likeness (QED) is 0.0417. The molecule has 0 aliphatic rings. The fourth-order valence-electron chi connectivity index (χ4n) is 8.59. The number of phosphoric acid groups is 3. The maximum Gasteiger partial charge on any atom is 3.00 e. The van der Waals surface area contributed by atoms with Gasteiger partial charge in [-0.05, 0) is 38.5 Å². The first-order valence-electron chi connectivity index (χ1n) is 32.2. The average Bonchev–Trinajstić information content (AvgIpc) is 3.38. The number of phosphoric ester groups is 3. The molecule has 457 valence electrons. The van der Waals surface area contributed by atoms with Crippen LogP contribution in [0.3, 0.4) is 0 Å². The van der Waals surface area contributed by atoms with Gasteiger partial charge in [0.1, 0.15) is 0 Å².